The minimum atomic E-state index is -4.47. The Bertz CT molecular complexity index is 1400. The molecule has 4 aromatic rings. The Labute approximate surface area is 200 Å². The Morgan fingerprint density at radius 1 is 0.389 bits per heavy atom. The third kappa shape index (κ3) is 4.08. The molecule has 36 heavy (non-hydrogen) atoms. The normalized spacial score (nSPS) is 13.4. The molecule has 1 aliphatic carbocycles. The highest BCUT2D eigenvalue weighted by molar-refractivity contribution is 6.29. The highest BCUT2D eigenvalue weighted by atomic mass is 19.4. The van der Waals surface area contributed by atoms with Gasteiger partial charge < -0.3 is 0 Å². The van der Waals surface area contributed by atoms with Crippen molar-refractivity contribution < 1.29 is 35.9 Å². The van der Waals surface area contributed by atoms with E-state index in [0.717, 1.165) is 24.3 Å². The van der Waals surface area contributed by atoms with Crippen molar-refractivity contribution in [2.45, 2.75) is 12.4 Å². The van der Waals surface area contributed by atoms with Crippen LogP contribution in [0.3, 0.4) is 0 Å². The van der Waals surface area contributed by atoms with Crippen LogP contribution >= 0.6 is 0 Å². The highest BCUT2D eigenvalue weighted by Crippen LogP contribution is 2.36. The van der Waals surface area contributed by atoms with Gasteiger partial charge in [-0.3, -0.25) is 9.59 Å². The zero-order valence-electron chi connectivity index (χ0n) is 18.2. The van der Waals surface area contributed by atoms with E-state index in [4.69, 9.17) is 0 Å². The second-order valence-electron chi connectivity index (χ2n) is 8.33. The van der Waals surface area contributed by atoms with Gasteiger partial charge in [0.05, 0.1) is 11.1 Å². The number of fused-ring (bicyclic) bond motifs is 2. The van der Waals surface area contributed by atoms with E-state index in [1.807, 2.05) is 0 Å². The molecule has 0 N–H and O–H groups in total. The number of carbonyl (C=O) groups is 2. The van der Waals surface area contributed by atoms with Gasteiger partial charge in [0.25, 0.3) is 0 Å². The lowest BCUT2D eigenvalue weighted by Crippen LogP contribution is -2.21. The monoisotopic (exact) mass is 496 g/mol. The number of benzene rings is 4. The topological polar surface area (TPSA) is 34.1 Å². The molecule has 0 radical (unpaired) electrons. The Morgan fingerprint density at radius 3 is 1.00 bits per heavy atom. The molecular weight excluding hydrogens is 482 g/mol. The minimum absolute atomic E-state index is 0.132. The fraction of sp³-hybridized carbons (Fsp3) is 0.0714. The third-order valence-corrected chi connectivity index (χ3v) is 6.11. The Morgan fingerprint density at radius 2 is 0.694 bits per heavy atom. The number of carbonyl (C=O) groups excluding carboxylic acids is 2. The molecule has 4 aromatic carbocycles. The Kier molecular flexibility index (Phi) is 5.35. The molecule has 0 atom stereocenters. The molecule has 180 valence electrons. The van der Waals surface area contributed by atoms with Gasteiger partial charge in [0.15, 0.2) is 11.6 Å². The van der Waals surface area contributed by atoms with Crippen molar-refractivity contribution in [1.82, 2.24) is 0 Å². The molecule has 5 rings (SSSR count). The van der Waals surface area contributed by atoms with Crippen molar-refractivity contribution >= 4 is 11.6 Å². The maximum Gasteiger partial charge on any atom is 0.416 e. The predicted molar refractivity (Wildman–Crippen MR) is 121 cm³/mol. The van der Waals surface area contributed by atoms with Crippen LogP contribution in [0, 0.1) is 0 Å². The maximum atomic E-state index is 13.2. The summed E-state index contributed by atoms with van der Waals surface area (Å²) in [5.74, 6) is -0.848. The molecule has 8 heteroatoms. The van der Waals surface area contributed by atoms with Crippen LogP contribution < -0.4 is 0 Å². The van der Waals surface area contributed by atoms with Gasteiger partial charge in [-0.05, 0) is 70.8 Å². The molecule has 2 nitrogen and oxygen atoms in total. The van der Waals surface area contributed by atoms with Gasteiger partial charge in [0.1, 0.15) is 0 Å². The van der Waals surface area contributed by atoms with Crippen LogP contribution in [-0.2, 0) is 12.4 Å². The van der Waals surface area contributed by atoms with Crippen LogP contribution in [0.5, 0.6) is 0 Å². The van der Waals surface area contributed by atoms with Crippen LogP contribution in [0.1, 0.15) is 43.0 Å². The fourth-order valence-electron chi connectivity index (χ4n) is 4.21. The zero-order valence-corrected chi connectivity index (χ0v) is 18.2. The summed E-state index contributed by atoms with van der Waals surface area (Å²) >= 11 is 0. The average Bonchev–Trinajstić information content (AvgIpc) is 2.86. The summed E-state index contributed by atoms with van der Waals surface area (Å²) in [6.45, 7) is 0. The molecule has 0 amide bonds. The molecule has 1 aliphatic rings. The first-order valence-corrected chi connectivity index (χ1v) is 10.7. The van der Waals surface area contributed by atoms with Crippen molar-refractivity contribution in [2.24, 2.45) is 0 Å². The Balaban J connectivity index is 1.49. The molecule has 0 fully saturated rings. The van der Waals surface area contributed by atoms with Crippen LogP contribution in [0.2, 0.25) is 0 Å². The molecule has 0 unspecified atom stereocenters. The van der Waals surface area contributed by atoms with Crippen molar-refractivity contribution in [3.8, 4) is 22.3 Å². The van der Waals surface area contributed by atoms with E-state index in [1.165, 1.54) is 48.5 Å². The van der Waals surface area contributed by atoms with Crippen molar-refractivity contribution in [3.63, 3.8) is 0 Å². The Hall–Kier alpha value is -4.20. The van der Waals surface area contributed by atoms with E-state index in [1.54, 1.807) is 12.1 Å². The van der Waals surface area contributed by atoms with E-state index in [2.05, 4.69) is 0 Å². The predicted octanol–water partition coefficient (Wildman–Crippen LogP) is 7.83. The quantitative estimate of drug-likeness (QED) is 0.234. The van der Waals surface area contributed by atoms with E-state index >= 15 is 0 Å². The summed E-state index contributed by atoms with van der Waals surface area (Å²) in [7, 11) is 0. The first kappa shape index (κ1) is 23.5. The summed E-state index contributed by atoms with van der Waals surface area (Å²) in [5, 5.41) is 0. The van der Waals surface area contributed by atoms with Gasteiger partial charge >= 0.3 is 12.4 Å². The maximum absolute atomic E-state index is 13.2. The number of rotatable bonds is 2. The summed E-state index contributed by atoms with van der Waals surface area (Å²) in [4.78, 5) is 26.4. The summed E-state index contributed by atoms with van der Waals surface area (Å²) in [6, 6.07) is 17.9. The number of alkyl halides is 6. The van der Waals surface area contributed by atoms with E-state index in [9.17, 15) is 35.9 Å². The number of ketones is 2. The summed E-state index contributed by atoms with van der Waals surface area (Å²) in [6.07, 6.45) is -8.95. The first-order valence-electron chi connectivity index (χ1n) is 10.7. The van der Waals surface area contributed by atoms with Crippen LogP contribution in [0.25, 0.3) is 22.3 Å². The van der Waals surface area contributed by atoms with Gasteiger partial charge in [-0.15, -0.1) is 0 Å². The molecule has 0 saturated heterocycles. The van der Waals surface area contributed by atoms with Gasteiger partial charge in [0, 0.05) is 22.3 Å². The van der Waals surface area contributed by atoms with Crippen LogP contribution in [0.15, 0.2) is 84.9 Å². The van der Waals surface area contributed by atoms with Gasteiger partial charge in [-0.2, -0.15) is 26.3 Å². The number of hydrogen-bond acceptors (Lipinski definition) is 2. The molecule has 0 saturated carbocycles. The number of hydrogen-bond donors (Lipinski definition) is 0. The van der Waals surface area contributed by atoms with Gasteiger partial charge in [0.2, 0.25) is 0 Å². The molecule has 0 spiro atoms. The third-order valence-electron chi connectivity index (χ3n) is 6.11. The van der Waals surface area contributed by atoms with Crippen molar-refractivity contribution in [3.05, 3.63) is 118 Å². The highest BCUT2D eigenvalue weighted by Gasteiger charge is 2.32. The molecule has 0 bridgehead atoms. The van der Waals surface area contributed by atoms with Crippen molar-refractivity contribution in [1.29, 1.82) is 0 Å². The number of halogens is 6. The van der Waals surface area contributed by atoms with Gasteiger partial charge in [-0.25, -0.2) is 0 Å². The second-order valence-corrected chi connectivity index (χ2v) is 8.33. The first-order chi connectivity index (χ1) is 16.9. The molecule has 0 heterocycles. The van der Waals surface area contributed by atoms with Gasteiger partial charge in [-0.1, -0.05) is 36.4 Å². The van der Waals surface area contributed by atoms with E-state index in [-0.39, 0.29) is 22.3 Å². The molecule has 0 aliphatic heterocycles. The van der Waals surface area contributed by atoms with Crippen LogP contribution in [0.4, 0.5) is 26.3 Å². The fourth-order valence-corrected chi connectivity index (χ4v) is 4.21. The minimum Gasteiger partial charge on any atom is -0.289 e. The van der Waals surface area contributed by atoms with E-state index < -0.39 is 35.0 Å². The average molecular weight is 496 g/mol. The van der Waals surface area contributed by atoms with Crippen LogP contribution in [-0.4, -0.2) is 11.6 Å². The molecular formula is C28H14F6O2. The second kappa shape index (κ2) is 8.19. The summed E-state index contributed by atoms with van der Waals surface area (Å²) in [5.41, 5.74) is 0.826. The lowest BCUT2D eigenvalue weighted by molar-refractivity contribution is -0.138. The zero-order chi connectivity index (χ0) is 25.8. The smallest absolute Gasteiger partial charge is 0.289 e. The lowest BCUT2D eigenvalue weighted by Gasteiger charge is -2.19. The SMILES string of the molecule is O=C1c2ccc(-c3ccc(C(F)(F)F)cc3)cc2C(=O)c2ccc(-c3ccc(C(F)(F)F)cc3)cc21. The van der Waals surface area contributed by atoms with Crippen molar-refractivity contribution in [2.75, 3.05) is 0 Å². The lowest BCUT2D eigenvalue weighted by atomic mass is 9.81. The molecule has 0 aromatic heterocycles. The standard InChI is InChI=1S/C28H14F6O2/c29-27(30,31)19-7-1-15(2-8-19)17-5-11-21-23(13-17)25(35)22-12-6-18(14-24(22)26(21)36)16-3-9-20(10-4-16)28(32,33)34/h1-14H. The largest absolute Gasteiger partial charge is 0.416 e. The summed E-state index contributed by atoms with van der Waals surface area (Å²) < 4.78 is 77.1. The van der Waals surface area contributed by atoms with E-state index in [0.29, 0.717) is 22.3 Å².